The van der Waals surface area contributed by atoms with Crippen LogP contribution in [0.4, 0.5) is 5.82 Å². The number of anilines is 1. The Morgan fingerprint density at radius 1 is 1.33 bits per heavy atom. The molecule has 130 valence electrons. The van der Waals surface area contributed by atoms with Crippen molar-refractivity contribution in [3.63, 3.8) is 0 Å². The zero-order chi connectivity index (χ0) is 17.3. The molecule has 0 atom stereocenters. The highest BCUT2D eigenvalue weighted by atomic mass is 32.2. The molecule has 1 aromatic rings. The number of aromatic nitrogens is 1. The molecule has 0 radical (unpaired) electrons. The Hall–Kier alpha value is -1.80. The average molecular weight is 350 g/mol. The Balaban J connectivity index is 1.77. The second-order valence-corrected chi connectivity index (χ2v) is 8.25. The maximum absolute atomic E-state index is 12.5. The van der Waals surface area contributed by atoms with Crippen LogP contribution in [-0.2, 0) is 14.8 Å². The highest BCUT2D eigenvalue weighted by Crippen LogP contribution is 2.30. The molecule has 1 amide bonds. The molecule has 24 heavy (non-hydrogen) atoms. The summed E-state index contributed by atoms with van der Waals surface area (Å²) in [6.07, 6.45) is 6.27. The Morgan fingerprint density at radius 3 is 2.67 bits per heavy atom. The predicted molar refractivity (Wildman–Crippen MR) is 91.3 cm³/mol. The number of rotatable bonds is 7. The molecule has 7 nitrogen and oxygen atoms in total. The zero-order valence-corrected chi connectivity index (χ0v) is 14.8. The first-order chi connectivity index (χ1) is 11.4. The van der Waals surface area contributed by atoms with Gasteiger partial charge in [-0.25, -0.2) is 13.4 Å². The van der Waals surface area contributed by atoms with Gasteiger partial charge in [-0.05, 0) is 37.8 Å². The molecule has 0 bridgehead atoms. The first-order valence-corrected chi connectivity index (χ1v) is 9.71. The molecular formula is C16H22N4O3S. The molecule has 1 fully saturated rings. The summed E-state index contributed by atoms with van der Waals surface area (Å²) in [4.78, 5) is 16.4. The fourth-order valence-corrected chi connectivity index (χ4v) is 3.99. The van der Waals surface area contributed by atoms with Crippen LogP contribution in [0.5, 0.6) is 0 Å². The Labute approximate surface area is 142 Å². The molecule has 1 aliphatic carbocycles. The van der Waals surface area contributed by atoms with Gasteiger partial charge in [-0.1, -0.05) is 13.3 Å². The predicted octanol–water partition coefficient (Wildman–Crippen LogP) is 2.15. The summed E-state index contributed by atoms with van der Waals surface area (Å²) in [5, 5.41) is 5.59. The lowest BCUT2D eigenvalue weighted by Gasteiger charge is -2.17. The number of amides is 1. The first-order valence-electron chi connectivity index (χ1n) is 8.27. The molecule has 0 unspecified atom stereocenters. The maximum Gasteiger partial charge on any atom is 0.254 e. The molecule has 1 aromatic heterocycles. The van der Waals surface area contributed by atoms with Crippen molar-refractivity contribution in [1.82, 2.24) is 9.29 Å². The topological polar surface area (TPSA) is 82.9 Å². The van der Waals surface area contributed by atoms with Crippen molar-refractivity contribution in [3.05, 3.63) is 18.3 Å². The summed E-state index contributed by atoms with van der Waals surface area (Å²) in [7, 11) is -1.93. The normalized spacial score (nSPS) is 18.4. The smallest absolute Gasteiger partial charge is 0.254 e. The number of pyridine rings is 1. The molecule has 0 saturated heterocycles. The van der Waals surface area contributed by atoms with E-state index in [1.54, 1.807) is 7.05 Å². The number of carbonyl (C=O) groups is 1. The van der Waals surface area contributed by atoms with Crippen LogP contribution >= 0.6 is 0 Å². The number of carbonyl (C=O) groups excluding carboxylic acids is 1. The number of nitrogens with zero attached hydrogens (tertiary/aromatic N) is 4. The van der Waals surface area contributed by atoms with E-state index < -0.39 is 10.0 Å². The summed E-state index contributed by atoms with van der Waals surface area (Å²) in [5.74, 6) is 0.235. The lowest BCUT2D eigenvalue weighted by molar-refractivity contribution is -0.116. The molecule has 0 N–H and O–H groups in total. The minimum atomic E-state index is -3.52. The third kappa shape index (κ3) is 3.34. The van der Waals surface area contributed by atoms with Crippen LogP contribution < -0.4 is 5.01 Å². The number of hydrazone groups is 1. The van der Waals surface area contributed by atoms with Crippen LogP contribution in [0.1, 0.15) is 45.4 Å². The van der Waals surface area contributed by atoms with Gasteiger partial charge in [0.05, 0.1) is 6.42 Å². The van der Waals surface area contributed by atoms with Crippen LogP contribution in [0.2, 0.25) is 0 Å². The molecule has 3 rings (SSSR count). The minimum absolute atomic E-state index is 0.0977. The van der Waals surface area contributed by atoms with Crippen LogP contribution in [0.15, 0.2) is 28.3 Å². The van der Waals surface area contributed by atoms with Crippen molar-refractivity contribution in [2.24, 2.45) is 5.10 Å². The Bertz CT molecular complexity index is 754. The van der Waals surface area contributed by atoms with Gasteiger partial charge in [-0.15, -0.1) is 0 Å². The van der Waals surface area contributed by atoms with Crippen LogP contribution in [0, 0.1) is 0 Å². The van der Waals surface area contributed by atoms with Gasteiger partial charge in [-0.3, -0.25) is 4.79 Å². The number of hydrogen-bond donors (Lipinski definition) is 0. The third-order valence-electron chi connectivity index (χ3n) is 4.33. The van der Waals surface area contributed by atoms with Gasteiger partial charge in [0.15, 0.2) is 5.82 Å². The molecule has 2 aliphatic rings. The Kier molecular flexibility index (Phi) is 4.69. The van der Waals surface area contributed by atoms with Gasteiger partial charge in [0.25, 0.3) is 5.91 Å². The van der Waals surface area contributed by atoms with E-state index in [0.29, 0.717) is 12.2 Å². The highest BCUT2D eigenvalue weighted by molar-refractivity contribution is 7.89. The van der Waals surface area contributed by atoms with E-state index in [9.17, 15) is 13.2 Å². The maximum atomic E-state index is 12.5. The van der Waals surface area contributed by atoms with E-state index in [2.05, 4.69) is 17.0 Å². The number of sulfonamides is 1. The second kappa shape index (κ2) is 6.60. The fraction of sp³-hybridized carbons (Fsp3) is 0.562. The first kappa shape index (κ1) is 17.0. The van der Waals surface area contributed by atoms with Crippen molar-refractivity contribution in [2.75, 3.05) is 12.1 Å². The monoisotopic (exact) mass is 350 g/mol. The number of unbranched alkanes of at least 4 members (excludes halogenated alkanes) is 1. The summed E-state index contributed by atoms with van der Waals surface area (Å²) in [5.41, 5.74) is 0.855. The largest absolute Gasteiger partial charge is 0.272 e. The molecular weight excluding hydrogens is 328 g/mol. The zero-order valence-electron chi connectivity index (χ0n) is 14.0. The molecule has 0 aromatic carbocycles. The lowest BCUT2D eigenvalue weighted by Crippen LogP contribution is -2.29. The third-order valence-corrected chi connectivity index (χ3v) is 6.22. The Morgan fingerprint density at radius 2 is 2.08 bits per heavy atom. The highest BCUT2D eigenvalue weighted by Gasteiger charge is 2.35. The van der Waals surface area contributed by atoms with Crippen molar-refractivity contribution in [2.45, 2.75) is 56.4 Å². The van der Waals surface area contributed by atoms with Crippen molar-refractivity contribution in [1.29, 1.82) is 0 Å². The second-order valence-electron chi connectivity index (χ2n) is 6.26. The standard InChI is InChI=1S/C16H22N4O3S/c1-3-4-5-12-10-16(21)20(18-12)15-9-8-14(11-17-15)24(22,23)19(2)13-6-7-13/h8-9,11,13H,3-7,10H2,1-2H3. The van der Waals surface area contributed by atoms with Crippen molar-refractivity contribution < 1.29 is 13.2 Å². The van der Waals surface area contributed by atoms with E-state index in [1.165, 1.54) is 27.6 Å². The van der Waals surface area contributed by atoms with Gasteiger partial charge in [-0.2, -0.15) is 14.4 Å². The van der Waals surface area contributed by atoms with Crippen LogP contribution in [0.25, 0.3) is 0 Å². The molecule has 1 saturated carbocycles. The van der Waals surface area contributed by atoms with E-state index >= 15 is 0 Å². The van der Waals surface area contributed by atoms with Crippen LogP contribution in [0.3, 0.4) is 0 Å². The van der Waals surface area contributed by atoms with Gasteiger partial charge >= 0.3 is 0 Å². The van der Waals surface area contributed by atoms with E-state index in [-0.39, 0.29) is 16.8 Å². The van der Waals surface area contributed by atoms with Gasteiger partial charge < -0.3 is 0 Å². The average Bonchev–Trinajstić information content (AvgIpc) is 3.35. The molecule has 2 heterocycles. The van der Waals surface area contributed by atoms with E-state index in [4.69, 9.17) is 0 Å². The number of hydrogen-bond acceptors (Lipinski definition) is 5. The fourth-order valence-electron chi connectivity index (χ4n) is 2.63. The van der Waals surface area contributed by atoms with E-state index in [1.807, 2.05) is 0 Å². The van der Waals surface area contributed by atoms with Crippen molar-refractivity contribution >= 4 is 27.5 Å². The summed E-state index contributed by atoms with van der Waals surface area (Å²) in [6, 6.07) is 3.13. The van der Waals surface area contributed by atoms with Crippen LogP contribution in [-0.4, -0.2) is 42.4 Å². The van der Waals surface area contributed by atoms with Gasteiger partial charge in [0.2, 0.25) is 10.0 Å². The summed E-state index contributed by atoms with van der Waals surface area (Å²) < 4.78 is 26.3. The molecule has 1 aliphatic heterocycles. The summed E-state index contributed by atoms with van der Waals surface area (Å²) >= 11 is 0. The van der Waals surface area contributed by atoms with Gasteiger partial charge in [0.1, 0.15) is 4.90 Å². The quantitative estimate of drug-likeness (QED) is 0.754. The molecule has 0 spiro atoms. The minimum Gasteiger partial charge on any atom is -0.272 e. The molecule has 8 heteroatoms. The van der Waals surface area contributed by atoms with Gasteiger partial charge in [0, 0.05) is 25.0 Å². The lowest BCUT2D eigenvalue weighted by atomic mass is 10.1. The van der Waals surface area contributed by atoms with Crippen molar-refractivity contribution in [3.8, 4) is 0 Å². The SMILES string of the molecule is CCCCC1=NN(c2ccc(S(=O)(=O)N(C)C3CC3)cn2)C(=O)C1. The van der Waals surface area contributed by atoms with E-state index in [0.717, 1.165) is 37.8 Å². The summed E-state index contributed by atoms with van der Waals surface area (Å²) in [6.45, 7) is 2.09.